The second kappa shape index (κ2) is 12.8. The molecule has 0 aliphatic heterocycles. The molecule has 1 aromatic heterocycles. The first kappa shape index (κ1) is 27.0. The number of aromatic nitrogens is 2. The number of imidazole rings is 1. The van der Waals surface area contributed by atoms with E-state index in [1.807, 2.05) is 0 Å². The molecule has 0 bridgehead atoms. The van der Waals surface area contributed by atoms with E-state index in [-0.39, 0.29) is 12.8 Å². The van der Waals surface area contributed by atoms with Crippen LogP contribution in [0.15, 0.2) is 42.9 Å². The van der Waals surface area contributed by atoms with E-state index in [0.29, 0.717) is 5.69 Å². The Hall–Kier alpha value is -4.26. The Morgan fingerprint density at radius 3 is 2.00 bits per heavy atom. The largest absolute Gasteiger partial charge is 0.481 e. The quantitative estimate of drug-likeness (QED) is 0.175. The summed E-state index contributed by atoms with van der Waals surface area (Å²) < 4.78 is 0. The summed E-state index contributed by atoms with van der Waals surface area (Å²) in [7, 11) is 0. The Morgan fingerprint density at radius 2 is 1.49 bits per heavy atom. The molecule has 0 aliphatic rings. The zero-order chi connectivity index (χ0) is 26.0. The lowest BCUT2D eigenvalue weighted by molar-refractivity contribution is -0.147. The Morgan fingerprint density at radius 1 is 0.914 bits per heavy atom. The molecule has 0 spiro atoms. The van der Waals surface area contributed by atoms with Gasteiger partial charge < -0.3 is 36.9 Å². The molecule has 13 nitrogen and oxygen atoms in total. The summed E-state index contributed by atoms with van der Waals surface area (Å²) in [5.41, 5.74) is 6.81. The van der Waals surface area contributed by atoms with Crippen molar-refractivity contribution in [2.75, 3.05) is 0 Å². The van der Waals surface area contributed by atoms with Crippen LogP contribution in [0.3, 0.4) is 0 Å². The van der Waals surface area contributed by atoms with Crippen molar-refractivity contribution in [3.05, 3.63) is 54.1 Å². The maximum Gasteiger partial charge on any atom is 0.326 e. The third-order valence-corrected chi connectivity index (χ3v) is 4.93. The summed E-state index contributed by atoms with van der Waals surface area (Å²) in [6.45, 7) is 1.45. The SMILES string of the molecule is CC(N)C(=O)NC(Cc1ccccc1)C(=O)NC(Cc1cnc[nH]1)C(=O)NC(CC(=O)O)C(=O)O. The summed E-state index contributed by atoms with van der Waals surface area (Å²) in [5, 5.41) is 25.4. The molecule has 4 unspecified atom stereocenters. The molecule has 4 atom stereocenters. The van der Waals surface area contributed by atoms with Crippen LogP contribution < -0.4 is 21.7 Å². The Labute approximate surface area is 200 Å². The van der Waals surface area contributed by atoms with Crippen LogP contribution >= 0.6 is 0 Å². The van der Waals surface area contributed by atoms with Gasteiger partial charge in [-0.2, -0.15) is 0 Å². The second-order valence-corrected chi connectivity index (χ2v) is 7.88. The number of aromatic amines is 1. The van der Waals surface area contributed by atoms with Crippen LogP contribution in [0.2, 0.25) is 0 Å². The van der Waals surface area contributed by atoms with Gasteiger partial charge >= 0.3 is 11.9 Å². The number of nitrogens with zero attached hydrogens (tertiary/aromatic N) is 1. The van der Waals surface area contributed by atoms with Gasteiger partial charge in [0.25, 0.3) is 0 Å². The second-order valence-electron chi connectivity index (χ2n) is 7.88. The van der Waals surface area contributed by atoms with E-state index < -0.39 is 60.2 Å². The van der Waals surface area contributed by atoms with E-state index in [4.69, 9.17) is 10.8 Å². The predicted molar refractivity (Wildman–Crippen MR) is 122 cm³/mol. The fourth-order valence-electron chi connectivity index (χ4n) is 3.11. The number of amides is 3. The van der Waals surface area contributed by atoms with Crippen LogP contribution in [0.25, 0.3) is 0 Å². The number of nitrogens with two attached hydrogens (primary N) is 1. The first-order valence-corrected chi connectivity index (χ1v) is 10.7. The van der Waals surface area contributed by atoms with E-state index >= 15 is 0 Å². The molecule has 0 saturated carbocycles. The molecule has 1 heterocycles. The fourth-order valence-corrected chi connectivity index (χ4v) is 3.11. The van der Waals surface area contributed by atoms with E-state index in [2.05, 4.69) is 25.9 Å². The number of carboxylic acids is 2. The van der Waals surface area contributed by atoms with Gasteiger partial charge in [0.15, 0.2) is 0 Å². The van der Waals surface area contributed by atoms with Crippen LogP contribution in [0.4, 0.5) is 0 Å². The molecule has 8 N–H and O–H groups in total. The van der Waals surface area contributed by atoms with Crippen molar-refractivity contribution in [2.24, 2.45) is 5.73 Å². The average Bonchev–Trinajstić information content (AvgIpc) is 3.31. The zero-order valence-electron chi connectivity index (χ0n) is 18.9. The lowest BCUT2D eigenvalue weighted by Gasteiger charge is -2.24. The van der Waals surface area contributed by atoms with Gasteiger partial charge in [-0.15, -0.1) is 0 Å². The van der Waals surface area contributed by atoms with Crippen molar-refractivity contribution < 1.29 is 34.2 Å². The maximum atomic E-state index is 13.2. The minimum Gasteiger partial charge on any atom is -0.481 e. The number of hydrogen-bond donors (Lipinski definition) is 7. The summed E-state index contributed by atoms with van der Waals surface area (Å²) in [4.78, 5) is 67.3. The number of benzene rings is 1. The molecule has 0 fully saturated rings. The van der Waals surface area contributed by atoms with Crippen molar-refractivity contribution in [3.8, 4) is 0 Å². The highest BCUT2D eigenvalue weighted by atomic mass is 16.4. The van der Waals surface area contributed by atoms with Crippen molar-refractivity contribution in [1.82, 2.24) is 25.9 Å². The third kappa shape index (κ3) is 8.89. The van der Waals surface area contributed by atoms with E-state index in [1.54, 1.807) is 30.3 Å². The Balaban J connectivity index is 2.25. The third-order valence-electron chi connectivity index (χ3n) is 4.93. The van der Waals surface area contributed by atoms with Crippen molar-refractivity contribution in [3.63, 3.8) is 0 Å². The minimum absolute atomic E-state index is 0.0975. The minimum atomic E-state index is -1.71. The molecule has 13 heteroatoms. The highest BCUT2D eigenvalue weighted by Gasteiger charge is 2.31. The normalized spacial score (nSPS) is 14.1. The molecule has 35 heavy (non-hydrogen) atoms. The number of aliphatic carboxylic acids is 2. The molecular formula is C22H28N6O7. The van der Waals surface area contributed by atoms with Gasteiger partial charge in [-0.3, -0.25) is 19.2 Å². The Bertz CT molecular complexity index is 1030. The van der Waals surface area contributed by atoms with E-state index in [1.165, 1.54) is 19.4 Å². The summed E-state index contributed by atoms with van der Waals surface area (Å²) in [6.07, 6.45) is 1.92. The van der Waals surface area contributed by atoms with Crippen molar-refractivity contribution in [2.45, 2.75) is 50.4 Å². The molecule has 2 rings (SSSR count). The molecule has 3 amide bonds. The highest BCUT2D eigenvalue weighted by molar-refractivity contribution is 5.94. The van der Waals surface area contributed by atoms with Crippen LogP contribution in [0.5, 0.6) is 0 Å². The topological polar surface area (TPSA) is 217 Å². The van der Waals surface area contributed by atoms with Crippen LogP contribution in [-0.4, -0.2) is 74.0 Å². The van der Waals surface area contributed by atoms with Gasteiger partial charge in [-0.25, -0.2) is 9.78 Å². The van der Waals surface area contributed by atoms with Gasteiger partial charge in [-0.1, -0.05) is 30.3 Å². The van der Waals surface area contributed by atoms with Gasteiger partial charge in [0.1, 0.15) is 18.1 Å². The molecule has 0 saturated heterocycles. The average molecular weight is 489 g/mol. The molecule has 188 valence electrons. The highest BCUT2D eigenvalue weighted by Crippen LogP contribution is 2.07. The zero-order valence-corrected chi connectivity index (χ0v) is 18.9. The fraction of sp³-hybridized carbons (Fsp3) is 0.364. The summed E-state index contributed by atoms with van der Waals surface area (Å²) >= 11 is 0. The molecule has 0 aliphatic carbocycles. The van der Waals surface area contributed by atoms with Crippen LogP contribution in [0.1, 0.15) is 24.6 Å². The standard InChI is InChI=1S/C22H28N6O7/c1-12(23)19(31)26-15(7-13-5-3-2-4-6-13)20(32)27-16(8-14-10-24-11-25-14)21(33)28-17(22(34)35)9-18(29)30/h2-6,10-12,15-17H,7-9,23H2,1H3,(H,24,25)(H,26,31)(H,27,32)(H,28,33)(H,29,30)(H,34,35). The molecule has 1 aromatic carbocycles. The number of carbonyl (C=O) groups is 5. The summed E-state index contributed by atoms with van der Waals surface area (Å²) in [5.74, 6) is -5.18. The monoisotopic (exact) mass is 488 g/mol. The van der Waals surface area contributed by atoms with Crippen molar-refractivity contribution >= 4 is 29.7 Å². The first-order valence-electron chi connectivity index (χ1n) is 10.7. The maximum absolute atomic E-state index is 13.2. The first-order chi connectivity index (χ1) is 16.6. The number of nitrogens with one attached hydrogen (secondary N) is 4. The van der Waals surface area contributed by atoms with E-state index in [9.17, 15) is 29.1 Å². The van der Waals surface area contributed by atoms with Gasteiger partial charge in [-0.05, 0) is 12.5 Å². The molecule has 0 radical (unpaired) electrons. The molecular weight excluding hydrogens is 460 g/mol. The van der Waals surface area contributed by atoms with Crippen molar-refractivity contribution in [1.29, 1.82) is 0 Å². The number of rotatable bonds is 13. The van der Waals surface area contributed by atoms with Gasteiger partial charge in [0.05, 0.1) is 18.8 Å². The van der Waals surface area contributed by atoms with E-state index in [0.717, 1.165) is 5.56 Å². The Kier molecular flexibility index (Phi) is 9.90. The molecule has 2 aromatic rings. The number of H-pyrrole nitrogens is 1. The van der Waals surface area contributed by atoms with Crippen LogP contribution in [-0.2, 0) is 36.8 Å². The number of carboxylic acid groups (broad SMARTS) is 2. The smallest absolute Gasteiger partial charge is 0.326 e. The number of carbonyl (C=O) groups excluding carboxylic acids is 3. The summed E-state index contributed by atoms with van der Waals surface area (Å²) in [6, 6.07) is 3.84. The lowest BCUT2D eigenvalue weighted by Crippen LogP contribution is -2.58. The predicted octanol–water partition coefficient (Wildman–Crippen LogP) is -1.44. The van der Waals surface area contributed by atoms with Gasteiger partial charge in [0.2, 0.25) is 17.7 Å². The van der Waals surface area contributed by atoms with Crippen LogP contribution in [0, 0.1) is 0 Å². The van der Waals surface area contributed by atoms with Gasteiger partial charge in [0, 0.05) is 24.7 Å². The lowest BCUT2D eigenvalue weighted by atomic mass is 10.0. The number of hydrogen-bond acceptors (Lipinski definition) is 7.